The summed E-state index contributed by atoms with van der Waals surface area (Å²) in [6.45, 7) is 6.23. The number of amides is 1. The van der Waals surface area contributed by atoms with E-state index in [1.54, 1.807) is 30.1 Å². The fraction of sp³-hybridized carbons (Fsp3) is 0.400. The van der Waals surface area contributed by atoms with Gasteiger partial charge in [0, 0.05) is 44.1 Å². The molecule has 0 saturated carbocycles. The predicted octanol–water partition coefficient (Wildman–Crippen LogP) is 6.19. The van der Waals surface area contributed by atoms with Crippen molar-refractivity contribution in [3.05, 3.63) is 101 Å². The zero-order valence-electron chi connectivity index (χ0n) is 25.4. The molecule has 44 heavy (non-hydrogen) atoms. The van der Waals surface area contributed by atoms with E-state index in [4.69, 9.17) is 9.72 Å². The van der Waals surface area contributed by atoms with Gasteiger partial charge in [-0.15, -0.1) is 0 Å². The third kappa shape index (κ3) is 7.39. The maximum Gasteiger partial charge on any atom is 0.253 e. The highest BCUT2D eigenvalue weighted by atomic mass is 19.2. The molecule has 0 aliphatic carbocycles. The molecule has 1 unspecified atom stereocenters. The number of rotatable bonds is 13. The number of carbonyl (C=O) groups is 2. The monoisotopic (exact) mass is 602 g/mol. The zero-order valence-corrected chi connectivity index (χ0v) is 25.4. The average molecular weight is 603 g/mol. The topological polar surface area (TPSA) is 67.7 Å². The maximum absolute atomic E-state index is 14.2. The summed E-state index contributed by atoms with van der Waals surface area (Å²) >= 11 is 0. The molecule has 232 valence electrons. The lowest BCUT2D eigenvalue weighted by Crippen LogP contribution is -2.39. The van der Waals surface area contributed by atoms with E-state index in [0.717, 1.165) is 43.0 Å². The Hall–Kier alpha value is -3.95. The number of aromatic nitrogens is 2. The SMILES string of the molecule is CCOCCn1c(C(=O)C2CCN(CCC(CN(C)C(=O)c3ccccc3)c3ccc(F)c(F)c3)CC2)nc2ccccc21. The van der Waals surface area contributed by atoms with Crippen LogP contribution in [0.15, 0.2) is 72.8 Å². The van der Waals surface area contributed by atoms with Crippen LogP contribution in [0, 0.1) is 17.6 Å². The highest BCUT2D eigenvalue weighted by molar-refractivity contribution is 5.98. The first-order valence-electron chi connectivity index (χ1n) is 15.4. The molecule has 1 aliphatic heterocycles. The largest absolute Gasteiger partial charge is 0.380 e. The van der Waals surface area contributed by atoms with Crippen LogP contribution in [-0.2, 0) is 11.3 Å². The van der Waals surface area contributed by atoms with E-state index >= 15 is 0 Å². The number of likely N-dealkylation sites (tertiary alicyclic amines) is 1. The van der Waals surface area contributed by atoms with Crippen molar-refractivity contribution in [1.29, 1.82) is 0 Å². The van der Waals surface area contributed by atoms with Gasteiger partial charge >= 0.3 is 0 Å². The number of carbonyl (C=O) groups excluding carboxylic acids is 2. The summed E-state index contributed by atoms with van der Waals surface area (Å²) in [4.78, 5) is 35.4. The number of nitrogens with zero attached hydrogens (tertiary/aromatic N) is 4. The Morgan fingerprint density at radius 1 is 0.977 bits per heavy atom. The molecule has 2 heterocycles. The summed E-state index contributed by atoms with van der Waals surface area (Å²) in [5.41, 5.74) is 2.99. The number of Topliss-reactive ketones (excluding diaryl/α,β-unsaturated/α-hetero) is 1. The molecule has 0 N–H and O–H groups in total. The summed E-state index contributed by atoms with van der Waals surface area (Å²) < 4.78 is 35.5. The van der Waals surface area contributed by atoms with Crippen LogP contribution >= 0.6 is 0 Å². The number of imidazole rings is 1. The Kier molecular flexibility index (Phi) is 10.5. The van der Waals surface area contributed by atoms with E-state index in [1.165, 1.54) is 6.07 Å². The van der Waals surface area contributed by atoms with E-state index in [1.807, 2.05) is 54.0 Å². The lowest BCUT2D eigenvalue weighted by Gasteiger charge is -2.33. The zero-order chi connectivity index (χ0) is 31.1. The van der Waals surface area contributed by atoms with Crippen LogP contribution in [0.25, 0.3) is 11.0 Å². The van der Waals surface area contributed by atoms with Crippen LogP contribution in [-0.4, -0.2) is 77.5 Å². The minimum Gasteiger partial charge on any atom is -0.380 e. The first-order valence-corrected chi connectivity index (χ1v) is 15.4. The number of likely N-dealkylation sites (N-methyl/N-ethyl adjacent to an activating group) is 1. The van der Waals surface area contributed by atoms with Crippen molar-refractivity contribution >= 4 is 22.7 Å². The van der Waals surface area contributed by atoms with Crippen molar-refractivity contribution < 1.29 is 23.1 Å². The van der Waals surface area contributed by atoms with Crippen LogP contribution in [0.5, 0.6) is 0 Å². The number of ketones is 1. The van der Waals surface area contributed by atoms with Crippen molar-refractivity contribution in [2.75, 3.05) is 46.4 Å². The van der Waals surface area contributed by atoms with Crippen molar-refractivity contribution in [3.63, 3.8) is 0 Å². The molecule has 5 rings (SSSR count). The molecule has 7 nitrogen and oxygen atoms in total. The number of halogens is 2. The first-order chi connectivity index (χ1) is 21.4. The average Bonchev–Trinajstić information content (AvgIpc) is 3.42. The minimum atomic E-state index is -0.892. The van der Waals surface area contributed by atoms with Gasteiger partial charge in [-0.3, -0.25) is 9.59 Å². The van der Waals surface area contributed by atoms with Gasteiger partial charge in [-0.1, -0.05) is 36.4 Å². The van der Waals surface area contributed by atoms with Crippen LogP contribution in [0.3, 0.4) is 0 Å². The lowest BCUT2D eigenvalue weighted by atomic mass is 9.90. The van der Waals surface area contributed by atoms with Gasteiger partial charge in [0.15, 0.2) is 17.5 Å². The van der Waals surface area contributed by atoms with E-state index in [0.29, 0.717) is 56.2 Å². The molecule has 3 aromatic carbocycles. The van der Waals surface area contributed by atoms with Gasteiger partial charge in [-0.05, 0) is 87.8 Å². The minimum absolute atomic E-state index is 0.0676. The summed E-state index contributed by atoms with van der Waals surface area (Å²) in [5, 5.41) is 0. The molecule has 1 atom stereocenters. The highest BCUT2D eigenvalue weighted by Gasteiger charge is 2.30. The van der Waals surface area contributed by atoms with E-state index in [2.05, 4.69) is 4.90 Å². The van der Waals surface area contributed by atoms with Crippen LogP contribution < -0.4 is 0 Å². The summed E-state index contributed by atoms with van der Waals surface area (Å²) in [6, 6.07) is 20.8. The Balaban J connectivity index is 1.23. The summed E-state index contributed by atoms with van der Waals surface area (Å²) in [6.07, 6.45) is 2.09. The highest BCUT2D eigenvalue weighted by Crippen LogP contribution is 2.28. The van der Waals surface area contributed by atoms with Crippen molar-refractivity contribution in [2.45, 2.75) is 38.6 Å². The summed E-state index contributed by atoms with van der Waals surface area (Å²) in [7, 11) is 1.74. The smallest absolute Gasteiger partial charge is 0.253 e. The Labute approximate surface area is 257 Å². The molecule has 1 fully saturated rings. The van der Waals surface area contributed by atoms with Gasteiger partial charge in [0.25, 0.3) is 5.91 Å². The third-order valence-electron chi connectivity index (χ3n) is 8.57. The fourth-order valence-corrected chi connectivity index (χ4v) is 6.07. The van der Waals surface area contributed by atoms with Crippen molar-refractivity contribution in [3.8, 4) is 0 Å². The second-order valence-corrected chi connectivity index (χ2v) is 11.5. The maximum atomic E-state index is 14.2. The molecular formula is C35H40F2N4O3. The second kappa shape index (κ2) is 14.7. The molecule has 0 radical (unpaired) electrons. The molecule has 1 saturated heterocycles. The Bertz CT molecular complexity index is 1570. The van der Waals surface area contributed by atoms with Gasteiger partial charge < -0.3 is 19.1 Å². The molecule has 1 aromatic heterocycles. The molecule has 4 aromatic rings. The number of piperidine rings is 1. The van der Waals surface area contributed by atoms with E-state index in [-0.39, 0.29) is 23.5 Å². The number of fused-ring (bicyclic) bond motifs is 1. The lowest BCUT2D eigenvalue weighted by molar-refractivity contribution is 0.0779. The van der Waals surface area contributed by atoms with Crippen LogP contribution in [0.1, 0.15) is 58.6 Å². The fourth-order valence-electron chi connectivity index (χ4n) is 6.07. The standard InChI is InChI=1S/C35H40F2N4O3/c1-3-44-22-21-41-32-12-8-7-11-31(32)38-34(41)33(42)25-15-18-40(19-16-25)20-17-28(27-13-14-29(36)30(37)23-27)24-39(2)35(43)26-9-5-4-6-10-26/h4-14,23,25,28H,3,15-22,24H2,1-2H3. The number of ether oxygens (including phenoxy) is 1. The van der Waals surface area contributed by atoms with Gasteiger partial charge in [-0.25, -0.2) is 13.8 Å². The predicted molar refractivity (Wildman–Crippen MR) is 167 cm³/mol. The molecule has 0 bridgehead atoms. The van der Waals surface area contributed by atoms with Gasteiger partial charge in [-0.2, -0.15) is 0 Å². The second-order valence-electron chi connectivity index (χ2n) is 11.5. The number of benzene rings is 3. The number of hydrogen-bond donors (Lipinski definition) is 0. The van der Waals surface area contributed by atoms with Gasteiger partial charge in [0.05, 0.1) is 17.6 Å². The van der Waals surface area contributed by atoms with Crippen molar-refractivity contribution in [1.82, 2.24) is 19.4 Å². The van der Waals surface area contributed by atoms with Crippen LogP contribution in [0.2, 0.25) is 0 Å². The Morgan fingerprint density at radius 3 is 2.43 bits per heavy atom. The van der Waals surface area contributed by atoms with Gasteiger partial charge in [0.1, 0.15) is 0 Å². The summed E-state index contributed by atoms with van der Waals surface area (Å²) in [5.74, 6) is -1.65. The normalized spacial score (nSPS) is 15.0. The molecule has 0 spiro atoms. The van der Waals surface area contributed by atoms with Crippen molar-refractivity contribution in [2.24, 2.45) is 5.92 Å². The Morgan fingerprint density at radius 2 is 1.70 bits per heavy atom. The van der Waals surface area contributed by atoms with E-state index < -0.39 is 11.6 Å². The van der Waals surface area contributed by atoms with Gasteiger partial charge in [0.2, 0.25) is 5.78 Å². The first kappa shape index (κ1) is 31.5. The van der Waals surface area contributed by atoms with Crippen LogP contribution in [0.4, 0.5) is 8.78 Å². The molecule has 1 amide bonds. The molecule has 1 aliphatic rings. The quantitative estimate of drug-likeness (QED) is 0.135. The molecule has 9 heteroatoms. The number of hydrogen-bond acceptors (Lipinski definition) is 5. The third-order valence-corrected chi connectivity index (χ3v) is 8.57. The van der Waals surface area contributed by atoms with E-state index in [9.17, 15) is 18.4 Å². The number of para-hydroxylation sites is 2. The molecular weight excluding hydrogens is 562 g/mol.